The third-order valence-corrected chi connectivity index (χ3v) is 4.93. The van der Waals surface area contributed by atoms with Crippen LogP contribution in [-0.2, 0) is 20.4 Å². The third kappa shape index (κ3) is 4.43. The molecule has 1 aromatic rings. The van der Waals surface area contributed by atoms with E-state index in [1.54, 1.807) is 6.07 Å². The van der Waals surface area contributed by atoms with Gasteiger partial charge in [-0.05, 0) is 42.0 Å². The van der Waals surface area contributed by atoms with Gasteiger partial charge in [-0.3, -0.25) is 4.79 Å². The topological polar surface area (TPSA) is 72.5 Å². The van der Waals surface area contributed by atoms with E-state index in [9.17, 15) is 13.2 Å². The maximum Gasteiger partial charge on any atom is 0.261 e. The lowest BCUT2D eigenvalue weighted by Crippen LogP contribution is -2.29. The highest BCUT2D eigenvalue weighted by Gasteiger charge is 2.37. The normalized spacial score (nSPS) is 16.5. The Labute approximate surface area is 129 Å². The van der Waals surface area contributed by atoms with E-state index >= 15 is 0 Å². The summed E-state index contributed by atoms with van der Waals surface area (Å²) in [6.07, 6.45) is 2.19. The highest BCUT2D eigenvalue weighted by molar-refractivity contribution is 8.13. The van der Waals surface area contributed by atoms with E-state index in [1.165, 1.54) is 19.2 Å². The summed E-state index contributed by atoms with van der Waals surface area (Å²) in [4.78, 5) is 12.1. The van der Waals surface area contributed by atoms with Gasteiger partial charge in [0.2, 0.25) is 0 Å². The molecule has 0 aliphatic heterocycles. The SMILES string of the molecule is COCc1cc(C(=O)NCC2(C)CC2)cc(S(=O)(=O)Cl)c1. The van der Waals surface area contributed by atoms with E-state index in [-0.39, 0.29) is 28.4 Å². The Morgan fingerprint density at radius 3 is 2.57 bits per heavy atom. The Kier molecular flexibility index (Phi) is 4.60. The quantitative estimate of drug-likeness (QED) is 0.812. The van der Waals surface area contributed by atoms with E-state index < -0.39 is 9.05 Å². The Hall–Kier alpha value is -1.11. The summed E-state index contributed by atoms with van der Waals surface area (Å²) in [7, 11) is 2.97. The van der Waals surface area contributed by atoms with Gasteiger partial charge in [0.1, 0.15) is 0 Å². The van der Waals surface area contributed by atoms with Crippen LogP contribution in [0, 0.1) is 5.41 Å². The van der Waals surface area contributed by atoms with Crippen molar-refractivity contribution in [1.29, 1.82) is 0 Å². The molecule has 116 valence electrons. The molecule has 21 heavy (non-hydrogen) atoms. The number of rotatable bonds is 6. The maximum atomic E-state index is 12.2. The van der Waals surface area contributed by atoms with Crippen LogP contribution in [0.3, 0.4) is 0 Å². The van der Waals surface area contributed by atoms with Crippen molar-refractivity contribution >= 4 is 25.6 Å². The molecule has 1 fully saturated rings. The number of hydrogen-bond donors (Lipinski definition) is 1. The number of hydrogen-bond acceptors (Lipinski definition) is 4. The minimum atomic E-state index is -3.89. The fourth-order valence-electron chi connectivity index (χ4n) is 1.97. The van der Waals surface area contributed by atoms with Crippen molar-refractivity contribution in [3.8, 4) is 0 Å². The Bertz CT molecular complexity index is 653. The molecule has 1 aliphatic carbocycles. The van der Waals surface area contributed by atoms with Crippen molar-refractivity contribution in [2.24, 2.45) is 5.41 Å². The molecule has 0 saturated heterocycles. The Balaban J connectivity index is 2.24. The molecule has 0 bridgehead atoms. The summed E-state index contributed by atoms with van der Waals surface area (Å²) < 4.78 is 28.0. The van der Waals surface area contributed by atoms with Gasteiger partial charge in [-0.15, -0.1) is 0 Å². The molecule has 7 heteroatoms. The highest BCUT2D eigenvalue weighted by atomic mass is 35.7. The number of nitrogens with one attached hydrogen (secondary N) is 1. The molecule has 0 atom stereocenters. The molecule has 0 unspecified atom stereocenters. The number of carbonyl (C=O) groups excluding carboxylic acids is 1. The van der Waals surface area contributed by atoms with Gasteiger partial charge in [-0.2, -0.15) is 0 Å². The molecular weight excluding hydrogens is 314 g/mol. The van der Waals surface area contributed by atoms with Crippen LogP contribution in [0.5, 0.6) is 0 Å². The first-order chi connectivity index (χ1) is 9.73. The lowest BCUT2D eigenvalue weighted by molar-refractivity contribution is 0.0945. The summed E-state index contributed by atoms with van der Waals surface area (Å²) in [5, 5.41) is 2.83. The average molecular weight is 332 g/mol. The van der Waals surface area contributed by atoms with Gasteiger partial charge in [0.05, 0.1) is 11.5 Å². The van der Waals surface area contributed by atoms with Crippen LogP contribution in [0.15, 0.2) is 23.1 Å². The van der Waals surface area contributed by atoms with E-state index in [4.69, 9.17) is 15.4 Å². The molecule has 1 saturated carbocycles. The zero-order valence-corrected chi connectivity index (χ0v) is 13.6. The first kappa shape index (κ1) is 16.3. The molecule has 1 aromatic carbocycles. The van der Waals surface area contributed by atoms with Gasteiger partial charge < -0.3 is 10.1 Å². The minimum Gasteiger partial charge on any atom is -0.380 e. The number of methoxy groups -OCH3 is 1. The molecule has 0 spiro atoms. The summed E-state index contributed by atoms with van der Waals surface area (Å²) in [6.45, 7) is 2.89. The molecule has 0 heterocycles. The summed E-state index contributed by atoms with van der Waals surface area (Å²) >= 11 is 0. The van der Waals surface area contributed by atoms with Gasteiger partial charge in [0.15, 0.2) is 0 Å². The fraction of sp³-hybridized carbons (Fsp3) is 0.500. The minimum absolute atomic E-state index is 0.0958. The number of ether oxygens (including phenoxy) is 1. The van der Waals surface area contributed by atoms with Crippen LogP contribution >= 0.6 is 10.7 Å². The average Bonchev–Trinajstić information content (AvgIpc) is 3.13. The standard InChI is InChI=1S/C14H18ClNO4S/c1-14(3-4-14)9-16-13(17)11-5-10(8-20-2)6-12(7-11)21(15,18)19/h5-7H,3-4,8-9H2,1-2H3,(H,16,17). The molecule has 0 aromatic heterocycles. The summed E-state index contributed by atoms with van der Waals surface area (Å²) in [5.41, 5.74) is 1.04. The zero-order valence-electron chi connectivity index (χ0n) is 12.0. The Morgan fingerprint density at radius 1 is 1.38 bits per heavy atom. The van der Waals surface area contributed by atoms with E-state index in [0.717, 1.165) is 12.8 Å². The lowest BCUT2D eigenvalue weighted by Gasteiger charge is -2.12. The van der Waals surface area contributed by atoms with E-state index in [2.05, 4.69) is 12.2 Å². The van der Waals surface area contributed by atoms with Gasteiger partial charge in [-0.25, -0.2) is 8.42 Å². The van der Waals surface area contributed by atoms with Crippen molar-refractivity contribution in [3.63, 3.8) is 0 Å². The monoisotopic (exact) mass is 331 g/mol. The zero-order chi connectivity index (χ0) is 15.7. The number of benzene rings is 1. The largest absolute Gasteiger partial charge is 0.380 e. The van der Waals surface area contributed by atoms with Gasteiger partial charge in [-0.1, -0.05) is 6.92 Å². The van der Waals surface area contributed by atoms with Gasteiger partial charge >= 0.3 is 0 Å². The molecule has 1 amide bonds. The Morgan fingerprint density at radius 2 is 2.05 bits per heavy atom. The second kappa shape index (κ2) is 5.94. The molecule has 0 radical (unpaired) electrons. The second-order valence-corrected chi connectivity index (χ2v) is 8.30. The second-order valence-electron chi connectivity index (χ2n) is 5.73. The molecule has 5 nitrogen and oxygen atoms in total. The van der Waals surface area contributed by atoms with Crippen LogP contribution < -0.4 is 5.32 Å². The predicted molar refractivity (Wildman–Crippen MR) is 79.9 cm³/mol. The maximum absolute atomic E-state index is 12.2. The van der Waals surface area contributed by atoms with Crippen molar-refractivity contribution in [2.75, 3.05) is 13.7 Å². The van der Waals surface area contributed by atoms with Crippen LogP contribution in [-0.4, -0.2) is 28.0 Å². The predicted octanol–water partition coefficient (Wildman–Crippen LogP) is 2.29. The number of halogens is 1. The van der Waals surface area contributed by atoms with Gasteiger partial charge in [0.25, 0.3) is 15.0 Å². The van der Waals surface area contributed by atoms with Gasteiger partial charge in [0, 0.05) is 29.9 Å². The van der Waals surface area contributed by atoms with Crippen LogP contribution in [0.4, 0.5) is 0 Å². The van der Waals surface area contributed by atoms with E-state index in [1.807, 2.05) is 0 Å². The molecule has 1 aliphatic rings. The smallest absolute Gasteiger partial charge is 0.261 e. The molecule has 2 rings (SSSR count). The van der Waals surface area contributed by atoms with Crippen LogP contribution in [0.25, 0.3) is 0 Å². The molecular formula is C14H18ClNO4S. The number of carbonyl (C=O) groups is 1. The van der Waals surface area contributed by atoms with E-state index in [0.29, 0.717) is 12.1 Å². The van der Waals surface area contributed by atoms with Crippen molar-refractivity contribution in [3.05, 3.63) is 29.3 Å². The fourth-order valence-corrected chi connectivity index (χ4v) is 2.80. The lowest BCUT2D eigenvalue weighted by atomic mass is 10.1. The van der Waals surface area contributed by atoms with Crippen LogP contribution in [0.2, 0.25) is 0 Å². The highest BCUT2D eigenvalue weighted by Crippen LogP contribution is 2.44. The third-order valence-electron chi connectivity index (χ3n) is 3.60. The first-order valence-corrected chi connectivity index (χ1v) is 8.90. The van der Waals surface area contributed by atoms with Crippen molar-refractivity contribution in [2.45, 2.75) is 31.3 Å². The van der Waals surface area contributed by atoms with Crippen LogP contribution in [0.1, 0.15) is 35.7 Å². The van der Waals surface area contributed by atoms with Crippen molar-refractivity contribution in [1.82, 2.24) is 5.32 Å². The first-order valence-electron chi connectivity index (χ1n) is 6.59. The number of amides is 1. The molecule has 1 N–H and O–H groups in total. The van der Waals surface area contributed by atoms with Crippen molar-refractivity contribution < 1.29 is 17.9 Å². The summed E-state index contributed by atoms with van der Waals surface area (Å²) in [6, 6.07) is 4.30. The summed E-state index contributed by atoms with van der Waals surface area (Å²) in [5.74, 6) is -0.303.